The molecule has 0 saturated carbocycles. The summed E-state index contributed by atoms with van der Waals surface area (Å²) < 4.78 is 47.5. The van der Waals surface area contributed by atoms with Gasteiger partial charge in [-0.2, -0.15) is 13.2 Å². The summed E-state index contributed by atoms with van der Waals surface area (Å²) in [5, 5.41) is 16.8. The van der Waals surface area contributed by atoms with E-state index < -0.39 is 35.6 Å². The highest BCUT2D eigenvalue weighted by Gasteiger charge is 2.61. The Hall–Kier alpha value is -3.40. The molecule has 1 amide bonds. The molecule has 3 rings (SSSR count). The van der Waals surface area contributed by atoms with Gasteiger partial charge in [0, 0.05) is 23.2 Å². The number of nitrogens with zero attached hydrogens (tertiary/aromatic N) is 1. The fraction of sp³-hybridized carbons (Fsp3) is 0.400. The van der Waals surface area contributed by atoms with Crippen molar-refractivity contribution in [2.24, 2.45) is 5.16 Å². The maximum atomic E-state index is 14.1. The first kappa shape index (κ1) is 26.2. The van der Waals surface area contributed by atoms with E-state index in [0.29, 0.717) is 40.9 Å². The number of nitrogens with one attached hydrogen (secondary N) is 1. The molecule has 0 saturated heterocycles. The quantitative estimate of drug-likeness (QED) is 0.522. The third-order valence-corrected chi connectivity index (χ3v) is 6.06. The Kier molecular flexibility index (Phi) is 7.26. The van der Waals surface area contributed by atoms with Gasteiger partial charge in [0.2, 0.25) is 11.7 Å². The van der Waals surface area contributed by atoms with Crippen molar-refractivity contribution in [1.82, 2.24) is 0 Å². The number of aliphatic hydroxyl groups is 1. The van der Waals surface area contributed by atoms with Gasteiger partial charge < -0.3 is 20.0 Å². The van der Waals surface area contributed by atoms with Crippen molar-refractivity contribution in [2.45, 2.75) is 56.9 Å². The summed E-state index contributed by atoms with van der Waals surface area (Å²) in [6, 6.07) is 10.7. The smallest absolute Gasteiger partial charge is 0.426 e. The van der Waals surface area contributed by atoms with Gasteiger partial charge in [-0.3, -0.25) is 9.59 Å². The number of oxime groups is 1. The number of fused-ring (bicyclic) bond motifs is 1. The van der Waals surface area contributed by atoms with E-state index in [1.54, 1.807) is 31.2 Å². The Labute approximate surface area is 200 Å². The Bertz CT molecular complexity index is 1150. The maximum Gasteiger partial charge on any atom is 0.426 e. The fourth-order valence-corrected chi connectivity index (χ4v) is 4.04. The lowest BCUT2D eigenvalue weighted by molar-refractivity contribution is -0.254. The summed E-state index contributed by atoms with van der Waals surface area (Å²) in [4.78, 5) is 29.3. The van der Waals surface area contributed by atoms with E-state index in [4.69, 9.17) is 9.57 Å². The van der Waals surface area contributed by atoms with Crippen LogP contribution in [0.1, 0.15) is 56.4 Å². The number of halogens is 3. The number of rotatable bonds is 8. The summed E-state index contributed by atoms with van der Waals surface area (Å²) in [5.41, 5.74) is -3.03. The predicted octanol–water partition coefficient (Wildman–Crippen LogP) is 4.68. The number of alkyl halides is 3. The largest absolute Gasteiger partial charge is 0.497 e. The third kappa shape index (κ3) is 5.17. The Morgan fingerprint density at radius 2 is 1.94 bits per heavy atom. The van der Waals surface area contributed by atoms with Crippen molar-refractivity contribution in [3.63, 3.8) is 0 Å². The minimum atomic E-state index is -5.26. The molecular weight excluding hydrogens is 465 g/mol. The van der Waals surface area contributed by atoms with Crippen molar-refractivity contribution in [3.05, 3.63) is 59.2 Å². The lowest BCUT2D eigenvalue weighted by Crippen LogP contribution is -2.57. The fourth-order valence-electron chi connectivity index (χ4n) is 4.04. The molecule has 1 heterocycles. The van der Waals surface area contributed by atoms with Gasteiger partial charge in [-0.1, -0.05) is 44.1 Å². The number of hydrogen-bond donors (Lipinski definition) is 2. The van der Waals surface area contributed by atoms with Crippen molar-refractivity contribution in [1.29, 1.82) is 0 Å². The number of anilines is 1. The minimum Gasteiger partial charge on any atom is -0.497 e. The molecule has 0 aliphatic carbocycles. The molecule has 7 nitrogen and oxygen atoms in total. The van der Waals surface area contributed by atoms with Crippen LogP contribution in [0.4, 0.5) is 18.9 Å². The number of carbonyl (C=O) groups excluding carboxylic acids is 2. The molecule has 188 valence electrons. The lowest BCUT2D eigenvalue weighted by Gasteiger charge is -2.36. The van der Waals surface area contributed by atoms with E-state index in [1.807, 2.05) is 0 Å². The molecule has 0 spiro atoms. The van der Waals surface area contributed by atoms with Crippen LogP contribution in [0.2, 0.25) is 0 Å². The Morgan fingerprint density at radius 3 is 2.54 bits per heavy atom. The monoisotopic (exact) mass is 492 g/mol. The van der Waals surface area contributed by atoms with Crippen LogP contribution in [0, 0.1) is 0 Å². The summed E-state index contributed by atoms with van der Waals surface area (Å²) >= 11 is 0. The van der Waals surface area contributed by atoms with Crippen LogP contribution in [-0.4, -0.2) is 41.9 Å². The first-order chi connectivity index (χ1) is 16.4. The zero-order chi connectivity index (χ0) is 26.0. The second-order valence-corrected chi connectivity index (χ2v) is 8.96. The highest BCUT2D eigenvalue weighted by molar-refractivity contribution is 6.05. The van der Waals surface area contributed by atoms with E-state index in [-0.39, 0.29) is 5.69 Å². The van der Waals surface area contributed by atoms with Crippen molar-refractivity contribution in [3.8, 4) is 5.75 Å². The van der Waals surface area contributed by atoms with Crippen LogP contribution in [0.3, 0.4) is 0 Å². The normalized spacial score (nSPS) is 17.4. The maximum absolute atomic E-state index is 14.1. The molecule has 10 heteroatoms. The van der Waals surface area contributed by atoms with Crippen molar-refractivity contribution >= 4 is 23.6 Å². The topological polar surface area (TPSA) is 97.2 Å². The zero-order valence-electron chi connectivity index (χ0n) is 19.8. The van der Waals surface area contributed by atoms with E-state index in [9.17, 15) is 27.9 Å². The Morgan fingerprint density at radius 1 is 1.23 bits per heavy atom. The Balaban J connectivity index is 1.94. The SMILES string of the molecule is CCC1=NOC(C=O)c2ccc(NC(=O)C(O)(CC(C)(C)c3cccc(OC)c3)C(F)(F)F)cc21. The average Bonchev–Trinajstić information content (AvgIpc) is 2.82. The van der Waals surface area contributed by atoms with E-state index in [0.717, 1.165) is 0 Å². The number of amides is 1. The lowest BCUT2D eigenvalue weighted by atomic mass is 9.74. The molecule has 35 heavy (non-hydrogen) atoms. The van der Waals surface area contributed by atoms with Crippen LogP contribution in [0.15, 0.2) is 47.6 Å². The van der Waals surface area contributed by atoms with Crippen LogP contribution >= 0.6 is 0 Å². The van der Waals surface area contributed by atoms with Gasteiger partial charge in [-0.05, 0) is 41.7 Å². The molecule has 2 aromatic carbocycles. The first-order valence-corrected chi connectivity index (χ1v) is 10.9. The van der Waals surface area contributed by atoms with Crippen molar-refractivity contribution < 1.29 is 37.4 Å². The van der Waals surface area contributed by atoms with Crippen LogP contribution < -0.4 is 10.1 Å². The molecule has 2 atom stereocenters. The molecule has 2 N–H and O–H groups in total. The van der Waals surface area contributed by atoms with Gasteiger partial charge in [-0.15, -0.1) is 0 Å². The summed E-state index contributed by atoms with van der Waals surface area (Å²) in [6.07, 6.45) is -6.17. The van der Waals surface area contributed by atoms with E-state index in [1.165, 1.54) is 39.2 Å². The minimum absolute atomic E-state index is 0.0170. The number of hydrogen-bond acceptors (Lipinski definition) is 6. The number of methoxy groups -OCH3 is 1. The van der Waals surface area contributed by atoms with Crippen LogP contribution in [0.25, 0.3) is 0 Å². The van der Waals surface area contributed by atoms with Gasteiger partial charge in [0.1, 0.15) is 5.75 Å². The molecule has 1 aliphatic rings. The first-order valence-electron chi connectivity index (χ1n) is 10.9. The average molecular weight is 492 g/mol. The van der Waals surface area contributed by atoms with Gasteiger partial charge in [0.15, 0.2) is 6.29 Å². The van der Waals surface area contributed by atoms with Crippen LogP contribution in [0.5, 0.6) is 5.75 Å². The van der Waals surface area contributed by atoms with Gasteiger partial charge in [0.25, 0.3) is 5.91 Å². The molecule has 0 radical (unpaired) electrons. The molecule has 0 bridgehead atoms. The molecule has 1 aliphatic heterocycles. The highest BCUT2D eigenvalue weighted by atomic mass is 19.4. The molecular formula is C25H27F3N2O5. The second kappa shape index (κ2) is 9.69. The summed E-state index contributed by atoms with van der Waals surface area (Å²) in [7, 11) is 1.43. The summed E-state index contributed by atoms with van der Waals surface area (Å²) in [5.74, 6) is -1.18. The van der Waals surface area contributed by atoms with Crippen molar-refractivity contribution in [2.75, 3.05) is 12.4 Å². The number of aldehydes is 1. The van der Waals surface area contributed by atoms with Crippen LogP contribution in [-0.2, 0) is 19.8 Å². The zero-order valence-corrected chi connectivity index (χ0v) is 19.8. The molecule has 2 aromatic rings. The summed E-state index contributed by atoms with van der Waals surface area (Å²) in [6.45, 7) is 4.81. The second-order valence-electron chi connectivity index (χ2n) is 8.96. The standard InChI is InChI=1S/C25H27F3N2O5/c1-5-20-19-12-16(9-10-18(19)21(13-31)35-30-20)29-22(32)24(33,25(26,27)28)14-23(2,3)15-7-6-8-17(11-15)34-4/h6-13,21,33H,5,14H2,1-4H3,(H,29,32). The number of benzene rings is 2. The number of carbonyl (C=O) groups is 2. The van der Waals surface area contributed by atoms with Gasteiger partial charge in [0.05, 0.1) is 12.8 Å². The van der Waals surface area contributed by atoms with Gasteiger partial charge >= 0.3 is 6.18 Å². The predicted molar refractivity (Wildman–Crippen MR) is 123 cm³/mol. The van der Waals surface area contributed by atoms with Gasteiger partial charge in [-0.25, -0.2) is 0 Å². The highest BCUT2D eigenvalue weighted by Crippen LogP contribution is 2.42. The molecule has 0 aromatic heterocycles. The number of ether oxygens (including phenoxy) is 1. The third-order valence-electron chi connectivity index (χ3n) is 6.06. The molecule has 0 fully saturated rings. The van der Waals surface area contributed by atoms with E-state index in [2.05, 4.69) is 10.5 Å². The molecule has 2 unspecified atom stereocenters. The van der Waals surface area contributed by atoms with E-state index >= 15 is 0 Å².